The summed E-state index contributed by atoms with van der Waals surface area (Å²) in [6.45, 7) is 1.92. The highest BCUT2D eigenvalue weighted by Crippen LogP contribution is 2.21. The Balaban J connectivity index is 2.29. The summed E-state index contributed by atoms with van der Waals surface area (Å²) in [5.74, 6) is 0.659. The van der Waals surface area contributed by atoms with E-state index in [1.54, 1.807) is 0 Å². The van der Waals surface area contributed by atoms with Crippen molar-refractivity contribution in [3.63, 3.8) is 0 Å². The van der Waals surface area contributed by atoms with Crippen LogP contribution in [0.1, 0.15) is 23.9 Å². The monoisotopic (exact) mass is 247 g/mol. The van der Waals surface area contributed by atoms with Gasteiger partial charge in [0.2, 0.25) is 0 Å². The van der Waals surface area contributed by atoms with Gasteiger partial charge in [0.25, 0.3) is 0 Å². The van der Waals surface area contributed by atoms with Crippen LogP contribution in [0.3, 0.4) is 0 Å². The smallest absolute Gasteiger partial charge is 0.307 e. The average Bonchev–Trinajstić information content (AvgIpc) is 2.74. The van der Waals surface area contributed by atoms with E-state index in [0.717, 1.165) is 22.4 Å². The fraction of sp³-hybridized carbons (Fsp3) is 0.385. The van der Waals surface area contributed by atoms with Crippen molar-refractivity contribution in [2.45, 2.75) is 19.4 Å². The third kappa shape index (κ3) is 2.51. The van der Waals surface area contributed by atoms with Crippen LogP contribution < -0.4 is 5.32 Å². The van der Waals surface area contributed by atoms with E-state index in [1.165, 1.54) is 7.11 Å². The Morgan fingerprint density at radius 1 is 1.56 bits per heavy atom. The number of ether oxygens (including phenoxy) is 1. The van der Waals surface area contributed by atoms with Gasteiger partial charge in [-0.15, -0.1) is 0 Å². The van der Waals surface area contributed by atoms with Crippen molar-refractivity contribution in [1.29, 1.82) is 0 Å². The van der Waals surface area contributed by atoms with E-state index in [9.17, 15) is 4.79 Å². The number of benzene rings is 1. The zero-order chi connectivity index (χ0) is 13.1. The summed E-state index contributed by atoms with van der Waals surface area (Å²) < 4.78 is 4.70. The van der Waals surface area contributed by atoms with Gasteiger partial charge in [0, 0.05) is 6.04 Å². The molecule has 5 heteroatoms. The molecule has 0 amide bonds. The van der Waals surface area contributed by atoms with Crippen LogP contribution in [0.15, 0.2) is 18.2 Å². The standard InChI is InChI=1S/C13H17N3O2/c1-8-15-10-5-4-9(6-12(10)16-8)11(14-2)7-13(17)18-3/h4-6,11,14H,7H2,1-3H3,(H,15,16). The molecule has 0 spiro atoms. The largest absolute Gasteiger partial charge is 0.469 e. The summed E-state index contributed by atoms with van der Waals surface area (Å²) >= 11 is 0. The van der Waals surface area contributed by atoms with Crippen LogP contribution in [0.4, 0.5) is 0 Å². The van der Waals surface area contributed by atoms with Crippen molar-refractivity contribution in [1.82, 2.24) is 15.3 Å². The zero-order valence-electron chi connectivity index (χ0n) is 10.8. The third-order valence-electron chi connectivity index (χ3n) is 2.97. The lowest BCUT2D eigenvalue weighted by Crippen LogP contribution is -2.20. The van der Waals surface area contributed by atoms with Crippen LogP contribution in [0, 0.1) is 6.92 Å². The van der Waals surface area contributed by atoms with Crippen LogP contribution in [-0.2, 0) is 9.53 Å². The van der Waals surface area contributed by atoms with E-state index in [2.05, 4.69) is 15.3 Å². The van der Waals surface area contributed by atoms with Gasteiger partial charge in [0.05, 0.1) is 24.6 Å². The fourth-order valence-electron chi connectivity index (χ4n) is 2.01. The van der Waals surface area contributed by atoms with Crippen LogP contribution in [-0.4, -0.2) is 30.1 Å². The zero-order valence-corrected chi connectivity index (χ0v) is 10.8. The number of rotatable bonds is 4. The van der Waals surface area contributed by atoms with Gasteiger partial charge in [-0.1, -0.05) is 6.07 Å². The van der Waals surface area contributed by atoms with E-state index < -0.39 is 0 Å². The molecule has 1 atom stereocenters. The number of fused-ring (bicyclic) bond motifs is 1. The lowest BCUT2D eigenvalue weighted by atomic mass is 10.0. The molecule has 0 bridgehead atoms. The number of H-pyrrole nitrogens is 1. The summed E-state index contributed by atoms with van der Waals surface area (Å²) in [7, 11) is 3.23. The van der Waals surface area contributed by atoms with Crippen LogP contribution in [0.25, 0.3) is 11.0 Å². The normalized spacial score (nSPS) is 12.6. The van der Waals surface area contributed by atoms with Crippen molar-refractivity contribution in [3.05, 3.63) is 29.6 Å². The van der Waals surface area contributed by atoms with Crippen molar-refractivity contribution >= 4 is 17.0 Å². The summed E-state index contributed by atoms with van der Waals surface area (Å²) in [4.78, 5) is 18.9. The molecule has 2 rings (SSSR count). The molecule has 0 aliphatic carbocycles. The van der Waals surface area contributed by atoms with Crippen molar-refractivity contribution in [3.8, 4) is 0 Å². The first-order valence-electron chi connectivity index (χ1n) is 5.84. The Bertz CT molecular complexity index is 562. The van der Waals surface area contributed by atoms with Gasteiger partial charge in [-0.05, 0) is 31.7 Å². The summed E-state index contributed by atoms with van der Waals surface area (Å²) in [5, 5.41) is 3.12. The second-order valence-corrected chi connectivity index (χ2v) is 4.22. The van der Waals surface area contributed by atoms with Gasteiger partial charge >= 0.3 is 5.97 Å². The van der Waals surface area contributed by atoms with Gasteiger partial charge in [-0.3, -0.25) is 4.79 Å². The van der Waals surface area contributed by atoms with E-state index in [4.69, 9.17) is 4.74 Å². The molecule has 5 nitrogen and oxygen atoms in total. The van der Waals surface area contributed by atoms with Crippen molar-refractivity contribution in [2.75, 3.05) is 14.2 Å². The number of nitrogens with zero attached hydrogens (tertiary/aromatic N) is 1. The maximum Gasteiger partial charge on any atom is 0.307 e. The second-order valence-electron chi connectivity index (χ2n) is 4.22. The highest BCUT2D eigenvalue weighted by molar-refractivity contribution is 5.76. The first-order chi connectivity index (χ1) is 8.63. The molecule has 0 radical (unpaired) electrons. The molecule has 0 aliphatic heterocycles. The lowest BCUT2D eigenvalue weighted by molar-refractivity contribution is -0.141. The quantitative estimate of drug-likeness (QED) is 0.807. The number of nitrogens with one attached hydrogen (secondary N) is 2. The lowest BCUT2D eigenvalue weighted by Gasteiger charge is -2.15. The molecule has 2 aromatic rings. The molecule has 0 saturated carbocycles. The summed E-state index contributed by atoms with van der Waals surface area (Å²) in [5.41, 5.74) is 2.96. The Morgan fingerprint density at radius 2 is 2.33 bits per heavy atom. The topological polar surface area (TPSA) is 67.0 Å². The Kier molecular flexibility index (Phi) is 3.62. The van der Waals surface area contributed by atoms with Gasteiger partial charge in [0.15, 0.2) is 0 Å². The number of carbonyl (C=O) groups is 1. The first kappa shape index (κ1) is 12.6. The maximum atomic E-state index is 11.3. The number of imidazole rings is 1. The minimum atomic E-state index is -0.227. The van der Waals surface area contributed by atoms with Crippen molar-refractivity contribution in [2.24, 2.45) is 0 Å². The van der Waals surface area contributed by atoms with Gasteiger partial charge < -0.3 is 15.0 Å². The molecule has 1 heterocycles. The number of aromatic amines is 1. The number of hydrogen-bond acceptors (Lipinski definition) is 4. The van der Waals surface area contributed by atoms with Crippen LogP contribution >= 0.6 is 0 Å². The Labute approximate surface area is 106 Å². The molecule has 1 aromatic carbocycles. The maximum absolute atomic E-state index is 11.3. The van der Waals surface area contributed by atoms with Gasteiger partial charge in [0.1, 0.15) is 5.82 Å². The predicted octanol–water partition coefficient (Wildman–Crippen LogP) is 1.69. The van der Waals surface area contributed by atoms with Crippen LogP contribution in [0.2, 0.25) is 0 Å². The molecule has 0 saturated heterocycles. The number of methoxy groups -OCH3 is 1. The highest BCUT2D eigenvalue weighted by atomic mass is 16.5. The Morgan fingerprint density at radius 3 is 3.00 bits per heavy atom. The minimum absolute atomic E-state index is 0.0505. The van der Waals surface area contributed by atoms with Crippen molar-refractivity contribution < 1.29 is 9.53 Å². The third-order valence-corrected chi connectivity index (χ3v) is 2.97. The van der Waals surface area contributed by atoms with Gasteiger partial charge in [-0.25, -0.2) is 4.98 Å². The minimum Gasteiger partial charge on any atom is -0.469 e. The van der Waals surface area contributed by atoms with E-state index in [-0.39, 0.29) is 12.0 Å². The molecular weight excluding hydrogens is 230 g/mol. The molecule has 2 N–H and O–H groups in total. The highest BCUT2D eigenvalue weighted by Gasteiger charge is 2.15. The second kappa shape index (κ2) is 5.18. The molecule has 1 aromatic heterocycles. The molecule has 0 aliphatic rings. The number of aromatic nitrogens is 2. The van der Waals surface area contributed by atoms with E-state index in [0.29, 0.717) is 6.42 Å². The summed E-state index contributed by atoms with van der Waals surface area (Å²) in [6, 6.07) is 5.90. The Hall–Kier alpha value is -1.88. The SMILES string of the molecule is CNC(CC(=O)OC)c1ccc2nc(C)[nH]c2c1. The number of aryl methyl sites for hydroxylation is 1. The molecule has 96 valence electrons. The molecule has 0 fully saturated rings. The molecule has 1 unspecified atom stereocenters. The fourth-order valence-corrected chi connectivity index (χ4v) is 2.01. The molecule has 18 heavy (non-hydrogen) atoms. The van der Waals surface area contributed by atoms with E-state index >= 15 is 0 Å². The summed E-state index contributed by atoms with van der Waals surface area (Å²) in [6.07, 6.45) is 0.311. The predicted molar refractivity (Wildman–Crippen MR) is 69.3 cm³/mol. The molecular formula is C13H17N3O2. The number of carbonyl (C=O) groups excluding carboxylic acids is 1. The first-order valence-corrected chi connectivity index (χ1v) is 5.84. The van der Waals surface area contributed by atoms with Gasteiger partial charge in [-0.2, -0.15) is 0 Å². The van der Waals surface area contributed by atoms with Crippen LogP contribution in [0.5, 0.6) is 0 Å². The average molecular weight is 247 g/mol. The number of esters is 1. The van der Waals surface area contributed by atoms with E-state index in [1.807, 2.05) is 32.2 Å². The number of hydrogen-bond donors (Lipinski definition) is 2.